The Labute approximate surface area is 87.9 Å². The summed E-state index contributed by atoms with van der Waals surface area (Å²) in [6.45, 7) is -0.158. The number of hydrogen-bond donors (Lipinski definition) is 2. The summed E-state index contributed by atoms with van der Waals surface area (Å²) >= 11 is 0. The Morgan fingerprint density at radius 2 is 2.20 bits per heavy atom. The molecular weight excluding hydrogens is 197 g/mol. The second-order valence-corrected chi connectivity index (χ2v) is 3.31. The van der Waals surface area contributed by atoms with Crippen molar-refractivity contribution in [3.05, 3.63) is 24.0 Å². The lowest BCUT2D eigenvalue weighted by Crippen LogP contribution is -2.22. The van der Waals surface area contributed by atoms with Crippen molar-refractivity contribution in [2.45, 2.75) is 0 Å². The first-order valence-corrected chi connectivity index (χ1v) is 4.51. The first kappa shape index (κ1) is 11.5. The second-order valence-electron chi connectivity index (χ2n) is 3.31. The van der Waals surface area contributed by atoms with Crippen LogP contribution in [-0.2, 0) is 4.79 Å². The van der Waals surface area contributed by atoms with Crippen molar-refractivity contribution in [2.75, 3.05) is 30.9 Å². The maximum atomic E-state index is 13.4. The van der Waals surface area contributed by atoms with Crippen molar-refractivity contribution < 1.29 is 9.18 Å². The third kappa shape index (κ3) is 2.92. The van der Waals surface area contributed by atoms with Gasteiger partial charge < -0.3 is 16.0 Å². The Morgan fingerprint density at radius 3 is 2.67 bits per heavy atom. The molecule has 0 fully saturated rings. The molecule has 1 aromatic rings. The van der Waals surface area contributed by atoms with Crippen LogP contribution in [0.3, 0.4) is 0 Å². The number of rotatable bonds is 3. The quantitative estimate of drug-likeness (QED) is 0.777. The highest BCUT2D eigenvalue weighted by molar-refractivity contribution is 5.92. The summed E-state index contributed by atoms with van der Waals surface area (Å²) in [5, 5.41) is 2.37. The summed E-state index contributed by atoms with van der Waals surface area (Å²) in [5.74, 6) is -0.880. The zero-order chi connectivity index (χ0) is 11.4. The number of carbonyl (C=O) groups is 1. The molecule has 0 heterocycles. The molecule has 0 aliphatic rings. The lowest BCUT2D eigenvalue weighted by molar-refractivity contribution is -0.114. The van der Waals surface area contributed by atoms with E-state index in [-0.39, 0.29) is 12.2 Å². The van der Waals surface area contributed by atoms with Gasteiger partial charge in [-0.25, -0.2) is 4.39 Å². The van der Waals surface area contributed by atoms with Crippen molar-refractivity contribution in [2.24, 2.45) is 5.73 Å². The number of hydrogen-bond acceptors (Lipinski definition) is 3. The van der Waals surface area contributed by atoms with Crippen LogP contribution >= 0.6 is 0 Å². The van der Waals surface area contributed by atoms with Crippen molar-refractivity contribution in [1.82, 2.24) is 0 Å². The molecule has 1 rings (SSSR count). The summed E-state index contributed by atoms with van der Waals surface area (Å²) in [6.07, 6.45) is 0. The molecule has 1 aromatic carbocycles. The molecule has 5 heteroatoms. The lowest BCUT2D eigenvalue weighted by atomic mass is 10.2. The molecular formula is C10H14FN3O. The van der Waals surface area contributed by atoms with Gasteiger partial charge in [-0.1, -0.05) is 0 Å². The highest BCUT2D eigenvalue weighted by Gasteiger charge is 2.06. The topological polar surface area (TPSA) is 58.4 Å². The molecule has 0 saturated heterocycles. The van der Waals surface area contributed by atoms with Gasteiger partial charge in [0.15, 0.2) is 0 Å². The first-order chi connectivity index (χ1) is 7.04. The van der Waals surface area contributed by atoms with Crippen LogP contribution in [0.4, 0.5) is 15.8 Å². The molecule has 3 N–H and O–H groups in total. The highest BCUT2D eigenvalue weighted by atomic mass is 19.1. The molecule has 0 atom stereocenters. The van der Waals surface area contributed by atoms with Crippen LogP contribution in [0.1, 0.15) is 0 Å². The van der Waals surface area contributed by atoms with Gasteiger partial charge in [-0.05, 0) is 18.2 Å². The third-order valence-electron chi connectivity index (χ3n) is 1.93. The number of carbonyl (C=O) groups excluding carboxylic acids is 1. The molecule has 0 bridgehead atoms. The van der Waals surface area contributed by atoms with E-state index in [1.54, 1.807) is 11.0 Å². The highest BCUT2D eigenvalue weighted by Crippen LogP contribution is 2.20. The van der Waals surface area contributed by atoms with Gasteiger partial charge in [0.2, 0.25) is 5.91 Å². The summed E-state index contributed by atoms with van der Waals surface area (Å²) in [6, 6.07) is 4.58. The summed E-state index contributed by atoms with van der Waals surface area (Å²) < 4.78 is 13.4. The molecule has 0 unspecified atom stereocenters. The average molecular weight is 211 g/mol. The molecule has 82 valence electrons. The second kappa shape index (κ2) is 4.75. The van der Waals surface area contributed by atoms with Gasteiger partial charge in [0, 0.05) is 19.8 Å². The minimum absolute atomic E-state index is 0.149. The Bertz CT molecular complexity index is 366. The zero-order valence-electron chi connectivity index (χ0n) is 8.75. The number of halogens is 1. The maximum Gasteiger partial charge on any atom is 0.238 e. The average Bonchev–Trinajstić information content (AvgIpc) is 2.20. The molecule has 0 aromatic heterocycles. The fourth-order valence-electron chi connectivity index (χ4n) is 1.08. The summed E-state index contributed by atoms with van der Waals surface area (Å²) in [5.41, 5.74) is 5.99. The predicted molar refractivity (Wildman–Crippen MR) is 58.4 cm³/mol. The molecule has 0 spiro atoms. The van der Waals surface area contributed by atoms with Gasteiger partial charge in [-0.3, -0.25) is 4.79 Å². The molecule has 0 saturated carbocycles. The molecule has 0 radical (unpaired) electrons. The number of nitrogens with one attached hydrogen (secondary N) is 1. The van der Waals surface area contributed by atoms with E-state index in [0.717, 1.165) is 5.69 Å². The predicted octanol–water partition coefficient (Wildman–Crippen LogP) is 0.789. The molecule has 4 nitrogen and oxygen atoms in total. The summed E-state index contributed by atoms with van der Waals surface area (Å²) in [4.78, 5) is 12.7. The van der Waals surface area contributed by atoms with E-state index in [1.165, 1.54) is 12.1 Å². The van der Waals surface area contributed by atoms with Crippen molar-refractivity contribution in [3.63, 3.8) is 0 Å². The van der Waals surface area contributed by atoms with Gasteiger partial charge in [0.25, 0.3) is 0 Å². The zero-order valence-corrected chi connectivity index (χ0v) is 8.75. The van der Waals surface area contributed by atoms with Crippen molar-refractivity contribution >= 4 is 17.3 Å². The minimum Gasteiger partial charge on any atom is -0.378 e. The van der Waals surface area contributed by atoms with E-state index in [9.17, 15) is 9.18 Å². The van der Waals surface area contributed by atoms with Gasteiger partial charge >= 0.3 is 0 Å². The van der Waals surface area contributed by atoms with Gasteiger partial charge in [-0.15, -0.1) is 0 Å². The molecule has 0 aliphatic carbocycles. The Hall–Kier alpha value is -1.62. The number of nitrogens with zero attached hydrogens (tertiary/aromatic N) is 1. The van der Waals surface area contributed by atoms with E-state index in [1.807, 2.05) is 14.1 Å². The molecule has 15 heavy (non-hydrogen) atoms. The van der Waals surface area contributed by atoms with Crippen molar-refractivity contribution in [3.8, 4) is 0 Å². The molecule has 1 amide bonds. The summed E-state index contributed by atoms with van der Waals surface area (Å²) in [7, 11) is 3.62. The van der Waals surface area contributed by atoms with Gasteiger partial charge in [0.1, 0.15) is 5.82 Å². The van der Waals surface area contributed by atoms with Crippen molar-refractivity contribution in [1.29, 1.82) is 0 Å². The lowest BCUT2D eigenvalue weighted by Gasteiger charge is -2.13. The van der Waals surface area contributed by atoms with E-state index in [0.29, 0.717) is 0 Å². The largest absolute Gasteiger partial charge is 0.378 e. The number of nitrogens with two attached hydrogens (primary N) is 1. The smallest absolute Gasteiger partial charge is 0.238 e. The van der Waals surface area contributed by atoms with Crippen LogP contribution < -0.4 is 16.0 Å². The SMILES string of the molecule is CN(C)c1ccc(NC(=O)CN)c(F)c1. The van der Waals surface area contributed by atoms with E-state index in [2.05, 4.69) is 5.32 Å². The standard InChI is InChI=1S/C10H14FN3O/c1-14(2)7-3-4-9(8(11)5-7)13-10(15)6-12/h3-5H,6,12H2,1-2H3,(H,13,15). The van der Waals surface area contributed by atoms with Crippen LogP contribution in [0.5, 0.6) is 0 Å². The molecule has 0 aliphatic heterocycles. The van der Waals surface area contributed by atoms with E-state index < -0.39 is 11.7 Å². The van der Waals surface area contributed by atoms with Crippen LogP contribution in [0.25, 0.3) is 0 Å². The monoisotopic (exact) mass is 211 g/mol. The van der Waals surface area contributed by atoms with Crippen LogP contribution in [0, 0.1) is 5.82 Å². The number of anilines is 2. The van der Waals surface area contributed by atoms with Crippen LogP contribution in [0.15, 0.2) is 18.2 Å². The Morgan fingerprint density at radius 1 is 1.53 bits per heavy atom. The minimum atomic E-state index is -0.469. The number of amides is 1. The third-order valence-corrected chi connectivity index (χ3v) is 1.93. The van der Waals surface area contributed by atoms with Crippen LogP contribution in [-0.4, -0.2) is 26.5 Å². The Kier molecular flexibility index (Phi) is 3.62. The Balaban J connectivity index is 2.88. The van der Waals surface area contributed by atoms with Crippen LogP contribution in [0.2, 0.25) is 0 Å². The normalized spacial score (nSPS) is 9.87. The maximum absolute atomic E-state index is 13.4. The van der Waals surface area contributed by atoms with Gasteiger partial charge in [0.05, 0.1) is 12.2 Å². The fourth-order valence-corrected chi connectivity index (χ4v) is 1.08. The van der Waals surface area contributed by atoms with E-state index >= 15 is 0 Å². The number of benzene rings is 1. The first-order valence-electron chi connectivity index (χ1n) is 4.51. The van der Waals surface area contributed by atoms with Gasteiger partial charge in [-0.2, -0.15) is 0 Å². The van der Waals surface area contributed by atoms with E-state index in [4.69, 9.17) is 5.73 Å². The fraction of sp³-hybridized carbons (Fsp3) is 0.300.